The van der Waals surface area contributed by atoms with Gasteiger partial charge in [-0.1, -0.05) is 0 Å². The lowest BCUT2D eigenvalue weighted by molar-refractivity contribution is -0.120. The Balaban J connectivity index is 3.17. The molecular formula is C7H13N3O. The summed E-state index contributed by atoms with van der Waals surface area (Å²) in [5.41, 5.74) is 0. The summed E-state index contributed by atoms with van der Waals surface area (Å²) in [4.78, 5) is 10.8. The first-order chi connectivity index (χ1) is 5.31. The molecule has 0 saturated heterocycles. The Labute approximate surface area is 66.6 Å². The van der Waals surface area contributed by atoms with Crippen LogP contribution in [0.1, 0.15) is 12.8 Å². The summed E-state index contributed by atoms with van der Waals surface area (Å²) in [6.45, 7) is 0.943. The van der Waals surface area contributed by atoms with Crippen LogP contribution in [0.5, 0.6) is 0 Å². The summed E-state index contributed by atoms with van der Waals surface area (Å²) in [6, 6.07) is 1.84. The number of nitrogens with zero attached hydrogens (tertiary/aromatic N) is 1. The summed E-state index contributed by atoms with van der Waals surface area (Å²) in [5.74, 6) is -0.0539. The zero-order valence-corrected chi connectivity index (χ0v) is 6.68. The molecule has 0 rings (SSSR count). The molecular weight excluding hydrogens is 142 g/mol. The van der Waals surface area contributed by atoms with E-state index >= 15 is 0 Å². The minimum absolute atomic E-state index is 0.0539. The van der Waals surface area contributed by atoms with Gasteiger partial charge in [0.25, 0.3) is 0 Å². The van der Waals surface area contributed by atoms with Crippen LogP contribution in [0.25, 0.3) is 0 Å². The van der Waals surface area contributed by atoms with Gasteiger partial charge >= 0.3 is 0 Å². The molecule has 4 nitrogen and oxygen atoms in total. The van der Waals surface area contributed by atoms with Gasteiger partial charge in [-0.3, -0.25) is 4.79 Å². The fourth-order valence-corrected chi connectivity index (χ4v) is 0.652. The van der Waals surface area contributed by atoms with Crippen LogP contribution in [0.3, 0.4) is 0 Å². The van der Waals surface area contributed by atoms with Crippen LogP contribution in [-0.4, -0.2) is 26.0 Å². The highest BCUT2D eigenvalue weighted by atomic mass is 16.1. The molecule has 11 heavy (non-hydrogen) atoms. The Kier molecular flexibility index (Phi) is 6.34. The van der Waals surface area contributed by atoms with Crippen molar-refractivity contribution < 1.29 is 4.79 Å². The van der Waals surface area contributed by atoms with Crippen molar-refractivity contribution in [2.75, 3.05) is 20.1 Å². The van der Waals surface area contributed by atoms with Gasteiger partial charge in [-0.25, -0.2) is 0 Å². The first-order valence-electron chi connectivity index (χ1n) is 3.59. The van der Waals surface area contributed by atoms with Crippen LogP contribution < -0.4 is 10.6 Å². The number of carbonyl (C=O) groups is 1. The maximum Gasteiger partial charge on any atom is 0.220 e. The van der Waals surface area contributed by atoms with E-state index in [1.54, 1.807) is 0 Å². The fourth-order valence-electron chi connectivity index (χ4n) is 0.652. The molecule has 1 amide bonds. The minimum atomic E-state index is -0.0539. The fraction of sp³-hybridized carbons (Fsp3) is 0.714. The molecule has 0 spiro atoms. The summed E-state index contributed by atoms with van der Waals surface area (Å²) < 4.78 is 0. The largest absolute Gasteiger partial charge is 0.343 e. The van der Waals surface area contributed by atoms with Gasteiger partial charge in [-0.15, -0.1) is 0 Å². The number of nitrogens with one attached hydrogen (secondary N) is 2. The van der Waals surface area contributed by atoms with Crippen molar-refractivity contribution in [2.45, 2.75) is 12.8 Å². The number of nitriles is 1. The van der Waals surface area contributed by atoms with Crippen molar-refractivity contribution in [3.05, 3.63) is 0 Å². The minimum Gasteiger partial charge on any atom is -0.343 e. The standard InChI is InChI=1S/C7H13N3O/c1-9-5-2-3-7(11)10-6-4-8/h9H,2-3,5-6H2,1H3,(H,10,11). The third-order valence-corrected chi connectivity index (χ3v) is 1.20. The molecule has 0 aliphatic rings. The summed E-state index contributed by atoms with van der Waals surface area (Å²) in [6.07, 6.45) is 1.30. The Morgan fingerprint density at radius 2 is 2.36 bits per heavy atom. The highest BCUT2D eigenvalue weighted by Crippen LogP contribution is 1.85. The lowest BCUT2D eigenvalue weighted by atomic mass is 10.3. The lowest BCUT2D eigenvalue weighted by Gasteiger charge is -1.99. The van der Waals surface area contributed by atoms with E-state index < -0.39 is 0 Å². The van der Waals surface area contributed by atoms with Crippen LogP contribution in [0.4, 0.5) is 0 Å². The van der Waals surface area contributed by atoms with E-state index in [9.17, 15) is 4.79 Å². The van der Waals surface area contributed by atoms with Crippen molar-refractivity contribution >= 4 is 5.91 Å². The summed E-state index contributed by atoms with van der Waals surface area (Å²) in [5, 5.41) is 13.5. The molecule has 0 aromatic heterocycles. The topological polar surface area (TPSA) is 64.9 Å². The van der Waals surface area contributed by atoms with Crippen molar-refractivity contribution in [1.29, 1.82) is 5.26 Å². The van der Waals surface area contributed by atoms with Gasteiger partial charge in [0.05, 0.1) is 6.07 Å². The molecule has 4 heteroatoms. The van der Waals surface area contributed by atoms with Crippen molar-refractivity contribution in [3.8, 4) is 6.07 Å². The molecule has 0 bridgehead atoms. The molecule has 0 fully saturated rings. The zero-order valence-electron chi connectivity index (χ0n) is 6.68. The molecule has 0 aliphatic heterocycles. The highest BCUT2D eigenvalue weighted by Gasteiger charge is 1.97. The Morgan fingerprint density at radius 1 is 1.64 bits per heavy atom. The smallest absolute Gasteiger partial charge is 0.220 e. The molecule has 0 radical (unpaired) electrons. The van der Waals surface area contributed by atoms with Gasteiger partial charge in [0, 0.05) is 6.42 Å². The average molecular weight is 155 g/mol. The SMILES string of the molecule is CNCCCC(=O)NCC#N. The molecule has 0 aromatic rings. The zero-order chi connectivity index (χ0) is 8.53. The maximum atomic E-state index is 10.8. The van der Waals surface area contributed by atoms with Gasteiger partial charge in [0.15, 0.2) is 0 Å². The van der Waals surface area contributed by atoms with Gasteiger partial charge in [0.2, 0.25) is 5.91 Å². The summed E-state index contributed by atoms with van der Waals surface area (Å²) in [7, 11) is 1.84. The molecule has 0 atom stereocenters. The number of rotatable bonds is 5. The molecule has 0 heterocycles. The normalized spacial score (nSPS) is 8.73. The first kappa shape index (κ1) is 9.92. The Hall–Kier alpha value is -1.08. The van der Waals surface area contributed by atoms with E-state index in [1.165, 1.54) is 0 Å². The second kappa shape index (κ2) is 7.03. The number of hydrogen-bond acceptors (Lipinski definition) is 3. The number of carbonyl (C=O) groups excluding carboxylic acids is 1. The van der Waals surface area contributed by atoms with Gasteiger partial charge in [0.1, 0.15) is 6.54 Å². The predicted octanol–water partition coefficient (Wildman–Crippen LogP) is -0.374. The number of hydrogen-bond donors (Lipinski definition) is 2. The Bertz CT molecular complexity index is 150. The van der Waals surface area contributed by atoms with E-state index in [4.69, 9.17) is 5.26 Å². The molecule has 2 N–H and O–H groups in total. The third-order valence-electron chi connectivity index (χ3n) is 1.20. The van der Waals surface area contributed by atoms with E-state index in [2.05, 4.69) is 10.6 Å². The van der Waals surface area contributed by atoms with Gasteiger partial charge in [-0.05, 0) is 20.0 Å². The summed E-state index contributed by atoms with van der Waals surface area (Å²) >= 11 is 0. The lowest BCUT2D eigenvalue weighted by Crippen LogP contribution is -2.24. The second-order valence-electron chi connectivity index (χ2n) is 2.14. The maximum absolute atomic E-state index is 10.8. The van der Waals surface area contributed by atoms with Gasteiger partial charge < -0.3 is 10.6 Å². The second-order valence-corrected chi connectivity index (χ2v) is 2.14. The highest BCUT2D eigenvalue weighted by molar-refractivity contribution is 5.76. The predicted molar refractivity (Wildman–Crippen MR) is 41.8 cm³/mol. The van der Waals surface area contributed by atoms with E-state index in [-0.39, 0.29) is 12.5 Å². The molecule has 0 saturated carbocycles. The van der Waals surface area contributed by atoms with E-state index in [0.717, 1.165) is 13.0 Å². The molecule has 62 valence electrons. The Morgan fingerprint density at radius 3 is 2.91 bits per heavy atom. The molecule has 0 aliphatic carbocycles. The van der Waals surface area contributed by atoms with Crippen molar-refractivity contribution in [2.24, 2.45) is 0 Å². The third kappa shape index (κ3) is 6.81. The quantitative estimate of drug-likeness (QED) is 0.420. The van der Waals surface area contributed by atoms with Crippen LogP contribution in [0.15, 0.2) is 0 Å². The van der Waals surface area contributed by atoms with Gasteiger partial charge in [-0.2, -0.15) is 5.26 Å². The monoisotopic (exact) mass is 155 g/mol. The average Bonchev–Trinajstić information content (AvgIpc) is 2.01. The first-order valence-corrected chi connectivity index (χ1v) is 3.59. The van der Waals surface area contributed by atoms with E-state index in [1.807, 2.05) is 13.1 Å². The number of amides is 1. The van der Waals surface area contributed by atoms with Crippen LogP contribution in [-0.2, 0) is 4.79 Å². The molecule has 0 aromatic carbocycles. The van der Waals surface area contributed by atoms with Crippen molar-refractivity contribution in [3.63, 3.8) is 0 Å². The van der Waals surface area contributed by atoms with Crippen LogP contribution in [0.2, 0.25) is 0 Å². The van der Waals surface area contributed by atoms with Crippen LogP contribution >= 0.6 is 0 Å². The van der Waals surface area contributed by atoms with E-state index in [0.29, 0.717) is 6.42 Å². The molecule has 0 unspecified atom stereocenters. The van der Waals surface area contributed by atoms with Crippen molar-refractivity contribution in [1.82, 2.24) is 10.6 Å². The van der Waals surface area contributed by atoms with Crippen LogP contribution in [0, 0.1) is 11.3 Å².